The van der Waals surface area contributed by atoms with Gasteiger partial charge >= 0.3 is 5.69 Å². The minimum Gasteiger partial charge on any atom is -0.487 e. The van der Waals surface area contributed by atoms with Crippen LogP contribution in [0.3, 0.4) is 0 Å². The van der Waals surface area contributed by atoms with E-state index in [0.29, 0.717) is 32.8 Å². The first-order valence-electron chi connectivity index (χ1n) is 8.81. The molecule has 1 aliphatic rings. The van der Waals surface area contributed by atoms with Crippen molar-refractivity contribution in [3.8, 4) is 5.75 Å². The molecular formula is C19H19F2N3O4. The fourth-order valence-corrected chi connectivity index (χ4v) is 3.10. The van der Waals surface area contributed by atoms with Gasteiger partial charge in [-0.1, -0.05) is 0 Å². The Kier molecular flexibility index (Phi) is 5.72. The van der Waals surface area contributed by atoms with E-state index in [1.54, 1.807) is 24.0 Å². The number of anilines is 1. The molecule has 2 aromatic carbocycles. The van der Waals surface area contributed by atoms with Crippen LogP contribution in [0.1, 0.15) is 17.3 Å². The Balaban J connectivity index is 1.69. The number of halogens is 2. The Hall–Kier alpha value is -3.23. The van der Waals surface area contributed by atoms with Crippen molar-refractivity contribution in [3.63, 3.8) is 0 Å². The summed E-state index contributed by atoms with van der Waals surface area (Å²) >= 11 is 0. The van der Waals surface area contributed by atoms with E-state index >= 15 is 0 Å². The molecule has 148 valence electrons. The molecule has 3 rings (SSSR count). The number of carbonyl (C=O) groups is 1. The molecular weight excluding hydrogens is 372 g/mol. The molecule has 28 heavy (non-hydrogen) atoms. The molecule has 0 spiro atoms. The first-order valence-corrected chi connectivity index (χ1v) is 8.81. The van der Waals surface area contributed by atoms with Crippen LogP contribution in [0.25, 0.3) is 0 Å². The fraction of sp³-hybridized carbons (Fsp3) is 0.316. The van der Waals surface area contributed by atoms with Gasteiger partial charge in [0.2, 0.25) is 0 Å². The van der Waals surface area contributed by atoms with Gasteiger partial charge in [0.05, 0.1) is 11.5 Å². The topological polar surface area (TPSA) is 75.9 Å². The van der Waals surface area contributed by atoms with E-state index < -0.39 is 16.6 Å². The molecule has 0 aliphatic carbocycles. The number of amides is 1. The number of hydrogen-bond acceptors (Lipinski definition) is 5. The lowest BCUT2D eigenvalue weighted by Gasteiger charge is -2.36. The average Bonchev–Trinajstić information content (AvgIpc) is 2.69. The van der Waals surface area contributed by atoms with Crippen LogP contribution in [0.15, 0.2) is 36.4 Å². The van der Waals surface area contributed by atoms with Gasteiger partial charge in [-0.05, 0) is 31.2 Å². The average molecular weight is 391 g/mol. The summed E-state index contributed by atoms with van der Waals surface area (Å²) in [4.78, 5) is 26.7. The van der Waals surface area contributed by atoms with Gasteiger partial charge in [0.25, 0.3) is 5.91 Å². The second kappa shape index (κ2) is 8.20. The van der Waals surface area contributed by atoms with Crippen LogP contribution in [-0.2, 0) is 0 Å². The number of hydrogen-bond donors (Lipinski definition) is 0. The largest absolute Gasteiger partial charge is 0.487 e. The SMILES string of the molecule is CCOc1cc(N2CCN(C(=O)c3ccc(F)c(F)c3)CC2)ccc1[N+](=O)[O-]. The van der Waals surface area contributed by atoms with E-state index in [1.807, 2.05) is 4.90 Å². The van der Waals surface area contributed by atoms with Crippen molar-refractivity contribution in [1.29, 1.82) is 0 Å². The first kappa shape index (κ1) is 19.5. The van der Waals surface area contributed by atoms with Gasteiger partial charge in [0, 0.05) is 49.6 Å². The summed E-state index contributed by atoms with van der Waals surface area (Å²) in [6.45, 7) is 3.83. The first-order chi connectivity index (χ1) is 13.4. The number of benzene rings is 2. The fourth-order valence-electron chi connectivity index (χ4n) is 3.10. The third-order valence-electron chi connectivity index (χ3n) is 4.54. The highest BCUT2D eigenvalue weighted by atomic mass is 19.2. The Morgan fingerprint density at radius 1 is 1.11 bits per heavy atom. The summed E-state index contributed by atoms with van der Waals surface area (Å²) in [5.74, 6) is -2.22. The van der Waals surface area contributed by atoms with Crippen LogP contribution >= 0.6 is 0 Å². The normalized spacial score (nSPS) is 14.1. The Bertz CT molecular complexity index is 899. The molecule has 7 nitrogen and oxygen atoms in total. The molecule has 0 bridgehead atoms. The highest BCUT2D eigenvalue weighted by Crippen LogP contribution is 2.32. The van der Waals surface area contributed by atoms with Crippen LogP contribution in [0.2, 0.25) is 0 Å². The Morgan fingerprint density at radius 2 is 1.82 bits per heavy atom. The lowest BCUT2D eigenvalue weighted by Crippen LogP contribution is -2.48. The van der Waals surface area contributed by atoms with Gasteiger partial charge in [-0.15, -0.1) is 0 Å². The van der Waals surface area contributed by atoms with E-state index in [-0.39, 0.29) is 22.9 Å². The molecule has 1 saturated heterocycles. The van der Waals surface area contributed by atoms with Crippen LogP contribution in [0.4, 0.5) is 20.2 Å². The van der Waals surface area contributed by atoms with E-state index in [9.17, 15) is 23.7 Å². The van der Waals surface area contributed by atoms with E-state index in [1.165, 1.54) is 12.1 Å². The number of nitro groups is 1. The summed E-state index contributed by atoms with van der Waals surface area (Å²) in [5, 5.41) is 11.1. The maximum absolute atomic E-state index is 13.4. The highest BCUT2D eigenvalue weighted by Gasteiger charge is 2.24. The molecule has 0 N–H and O–H groups in total. The lowest BCUT2D eigenvalue weighted by molar-refractivity contribution is -0.385. The second-order valence-corrected chi connectivity index (χ2v) is 6.25. The minimum atomic E-state index is -1.06. The molecule has 1 fully saturated rings. The van der Waals surface area contributed by atoms with Gasteiger partial charge in [0.1, 0.15) is 0 Å². The molecule has 0 atom stereocenters. The minimum absolute atomic E-state index is 0.0984. The van der Waals surface area contributed by atoms with Gasteiger partial charge in [-0.2, -0.15) is 0 Å². The number of rotatable bonds is 5. The number of piperazine rings is 1. The Labute approximate surface area is 160 Å². The second-order valence-electron chi connectivity index (χ2n) is 6.25. The van der Waals surface area contributed by atoms with Crippen molar-refractivity contribution in [2.24, 2.45) is 0 Å². The van der Waals surface area contributed by atoms with Gasteiger partial charge in [-0.25, -0.2) is 8.78 Å². The molecule has 1 aliphatic heterocycles. The molecule has 0 radical (unpaired) electrons. The molecule has 1 amide bonds. The maximum atomic E-state index is 13.4. The number of nitrogens with zero attached hydrogens (tertiary/aromatic N) is 3. The van der Waals surface area contributed by atoms with Crippen LogP contribution < -0.4 is 9.64 Å². The molecule has 0 aromatic heterocycles. The third kappa shape index (κ3) is 4.03. The molecule has 0 saturated carbocycles. The zero-order chi connectivity index (χ0) is 20.3. The van der Waals surface area contributed by atoms with Gasteiger partial charge in [0.15, 0.2) is 17.4 Å². The van der Waals surface area contributed by atoms with Crippen LogP contribution in [-0.4, -0.2) is 48.5 Å². The summed E-state index contributed by atoms with van der Waals surface area (Å²) in [7, 11) is 0. The summed E-state index contributed by atoms with van der Waals surface area (Å²) in [6.07, 6.45) is 0. The predicted molar refractivity (Wildman–Crippen MR) is 98.7 cm³/mol. The number of nitro benzene ring substituents is 1. The molecule has 1 heterocycles. The number of ether oxygens (including phenoxy) is 1. The van der Waals surface area contributed by atoms with E-state index in [2.05, 4.69) is 0 Å². The number of carbonyl (C=O) groups excluding carboxylic acids is 1. The predicted octanol–water partition coefficient (Wildman–Crippen LogP) is 3.23. The smallest absolute Gasteiger partial charge is 0.311 e. The van der Waals surface area contributed by atoms with Crippen molar-refractivity contribution >= 4 is 17.3 Å². The standard InChI is InChI=1S/C19H19F2N3O4/c1-2-28-18-12-14(4-6-17(18)24(26)27)22-7-9-23(10-8-22)19(25)13-3-5-15(20)16(21)11-13/h3-6,11-12H,2,7-10H2,1H3. The van der Waals surface area contributed by atoms with E-state index in [4.69, 9.17) is 4.74 Å². The van der Waals surface area contributed by atoms with Crippen molar-refractivity contribution in [2.45, 2.75) is 6.92 Å². The van der Waals surface area contributed by atoms with Crippen LogP contribution in [0.5, 0.6) is 5.75 Å². The summed E-state index contributed by atoms with van der Waals surface area (Å²) in [6, 6.07) is 7.76. The lowest BCUT2D eigenvalue weighted by atomic mass is 10.1. The maximum Gasteiger partial charge on any atom is 0.311 e. The highest BCUT2D eigenvalue weighted by molar-refractivity contribution is 5.94. The zero-order valence-electron chi connectivity index (χ0n) is 15.2. The van der Waals surface area contributed by atoms with Gasteiger partial charge in [-0.3, -0.25) is 14.9 Å². The molecule has 2 aromatic rings. The van der Waals surface area contributed by atoms with Crippen molar-refractivity contribution in [2.75, 3.05) is 37.7 Å². The summed E-state index contributed by atoms with van der Waals surface area (Å²) in [5.41, 5.74) is 0.757. The van der Waals surface area contributed by atoms with Crippen molar-refractivity contribution in [1.82, 2.24) is 4.90 Å². The third-order valence-corrected chi connectivity index (χ3v) is 4.54. The van der Waals surface area contributed by atoms with Gasteiger partial charge < -0.3 is 14.5 Å². The zero-order valence-corrected chi connectivity index (χ0v) is 15.2. The van der Waals surface area contributed by atoms with Crippen molar-refractivity contribution < 1.29 is 23.2 Å². The quantitative estimate of drug-likeness (QED) is 0.578. The van der Waals surface area contributed by atoms with E-state index in [0.717, 1.165) is 17.8 Å². The monoisotopic (exact) mass is 391 g/mol. The Morgan fingerprint density at radius 3 is 2.43 bits per heavy atom. The van der Waals surface area contributed by atoms with Crippen molar-refractivity contribution in [3.05, 3.63) is 63.7 Å². The molecule has 0 unspecified atom stereocenters. The molecule has 9 heteroatoms. The van der Waals surface area contributed by atoms with Crippen LogP contribution in [0, 0.1) is 21.7 Å². The summed E-state index contributed by atoms with van der Waals surface area (Å²) < 4.78 is 31.8.